The van der Waals surface area contributed by atoms with Crippen molar-refractivity contribution >= 4 is 0 Å². The largest absolute Gasteiger partial charge is 0.392 e. The van der Waals surface area contributed by atoms with Crippen molar-refractivity contribution in [2.75, 3.05) is 7.11 Å². The molecule has 0 fully saturated rings. The standard InChI is InChI=1S/C15H23NO2/c1-11(18-2)8-9-14(17)13-7-3-5-12-6-4-10-16-15(12)13/h4,6,10-11,13-14,17H,3,5,7-9H2,1-2H3. The van der Waals surface area contributed by atoms with E-state index >= 15 is 0 Å². The molecule has 0 saturated heterocycles. The number of rotatable bonds is 5. The van der Waals surface area contributed by atoms with Gasteiger partial charge in [-0.3, -0.25) is 4.98 Å². The maximum absolute atomic E-state index is 10.4. The quantitative estimate of drug-likeness (QED) is 0.872. The summed E-state index contributed by atoms with van der Waals surface area (Å²) in [6.45, 7) is 2.04. The third-order valence-electron chi connectivity index (χ3n) is 3.97. The van der Waals surface area contributed by atoms with Gasteiger partial charge in [0.15, 0.2) is 0 Å². The molecular weight excluding hydrogens is 226 g/mol. The number of aromatic nitrogens is 1. The van der Waals surface area contributed by atoms with Gasteiger partial charge in [0.1, 0.15) is 0 Å². The van der Waals surface area contributed by atoms with Gasteiger partial charge >= 0.3 is 0 Å². The molecule has 1 N–H and O–H groups in total. The number of aliphatic hydroxyl groups excluding tert-OH is 1. The number of fused-ring (bicyclic) bond motifs is 1. The smallest absolute Gasteiger partial charge is 0.0624 e. The number of hydrogen-bond acceptors (Lipinski definition) is 3. The normalized spacial score (nSPS) is 22.3. The van der Waals surface area contributed by atoms with Gasteiger partial charge < -0.3 is 9.84 Å². The summed E-state index contributed by atoms with van der Waals surface area (Å²) >= 11 is 0. The first-order chi connectivity index (χ1) is 8.72. The Hall–Kier alpha value is -0.930. The Labute approximate surface area is 109 Å². The summed E-state index contributed by atoms with van der Waals surface area (Å²) < 4.78 is 5.23. The van der Waals surface area contributed by atoms with E-state index in [0.29, 0.717) is 0 Å². The Morgan fingerprint density at radius 3 is 3.11 bits per heavy atom. The zero-order chi connectivity index (χ0) is 13.0. The van der Waals surface area contributed by atoms with E-state index < -0.39 is 0 Å². The fourth-order valence-electron chi connectivity index (χ4n) is 2.74. The van der Waals surface area contributed by atoms with Gasteiger partial charge in [-0.05, 0) is 50.7 Å². The Morgan fingerprint density at radius 2 is 2.33 bits per heavy atom. The molecule has 3 atom stereocenters. The molecule has 0 amide bonds. The molecule has 0 saturated carbocycles. The van der Waals surface area contributed by atoms with Crippen molar-refractivity contribution in [3.63, 3.8) is 0 Å². The minimum atomic E-state index is -0.295. The molecular formula is C15H23NO2. The Balaban J connectivity index is 2.01. The van der Waals surface area contributed by atoms with Crippen LogP contribution in [-0.4, -0.2) is 29.4 Å². The Kier molecular flexibility index (Phi) is 4.72. The highest BCUT2D eigenvalue weighted by atomic mass is 16.5. The molecule has 0 aliphatic heterocycles. The van der Waals surface area contributed by atoms with Crippen molar-refractivity contribution in [1.82, 2.24) is 4.98 Å². The van der Waals surface area contributed by atoms with Gasteiger partial charge in [-0.1, -0.05) is 6.07 Å². The van der Waals surface area contributed by atoms with E-state index in [1.54, 1.807) is 7.11 Å². The van der Waals surface area contributed by atoms with E-state index in [9.17, 15) is 5.11 Å². The van der Waals surface area contributed by atoms with Gasteiger partial charge in [0, 0.05) is 24.9 Å². The van der Waals surface area contributed by atoms with Gasteiger partial charge in [0.25, 0.3) is 0 Å². The van der Waals surface area contributed by atoms with Crippen molar-refractivity contribution in [1.29, 1.82) is 0 Å². The number of ether oxygens (including phenoxy) is 1. The van der Waals surface area contributed by atoms with Crippen LogP contribution in [0.15, 0.2) is 18.3 Å². The minimum absolute atomic E-state index is 0.207. The maximum atomic E-state index is 10.4. The second-order valence-corrected chi connectivity index (χ2v) is 5.24. The van der Waals surface area contributed by atoms with E-state index in [0.717, 1.165) is 37.8 Å². The number of aliphatic hydroxyl groups is 1. The third-order valence-corrected chi connectivity index (χ3v) is 3.97. The predicted octanol–water partition coefficient (Wildman–Crippen LogP) is 2.68. The zero-order valence-corrected chi connectivity index (χ0v) is 11.3. The molecule has 1 aliphatic rings. The molecule has 1 heterocycles. The lowest BCUT2D eigenvalue weighted by atomic mass is 9.81. The van der Waals surface area contributed by atoms with Gasteiger partial charge in [0.2, 0.25) is 0 Å². The molecule has 0 radical (unpaired) electrons. The van der Waals surface area contributed by atoms with Crippen LogP contribution in [0.25, 0.3) is 0 Å². The van der Waals surface area contributed by atoms with Gasteiger partial charge in [-0.2, -0.15) is 0 Å². The summed E-state index contributed by atoms with van der Waals surface area (Å²) in [5.74, 6) is 0.207. The van der Waals surface area contributed by atoms with Crippen LogP contribution in [0.1, 0.15) is 49.8 Å². The van der Waals surface area contributed by atoms with Crippen LogP contribution in [0.2, 0.25) is 0 Å². The molecule has 0 spiro atoms. The van der Waals surface area contributed by atoms with Gasteiger partial charge in [0.05, 0.1) is 12.2 Å². The Bertz CT molecular complexity index is 381. The second-order valence-electron chi connectivity index (χ2n) is 5.24. The van der Waals surface area contributed by atoms with Gasteiger partial charge in [-0.15, -0.1) is 0 Å². The number of aryl methyl sites for hydroxylation is 1. The highest BCUT2D eigenvalue weighted by Crippen LogP contribution is 2.33. The van der Waals surface area contributed by atoms with Crippen molar-refractivity contribution in [2.24, 2.45) is 0 Å². The third kappa shape index (κ3) is 3.09. The molecule has 1 aliphatic carbocycles. The number of methoxy groups -OCH3 is 1. The molecule has 3 nitrogen and oxygen atoms in total. The van der Waals surface area contributed by atoms with Crippen molar-refractivity contribution in [3.05, 3.63) is 29.6 Å². The molecule has 0 bridgehead atoms. The average molecular weight is 249 g/mol. The summed E-state index contributed by atoms with van der Waals surface area (Å²) in [7, 11) is 1.72. The van der Waals surface area contributed by atoms with Crippen molar-refractivity contribution in [3.8, 4) is 0 Å². The average Bonchev–Trinajstić information content (AvgIpc) is 2.43. The number of pyridine rings is 1. The molecule has 3 unspecified atom stereocenters. The highest BCUT2D eigenvalue weighted by Gasteiger charge is 2.27. The molecule has 100 valence electrons. The maximum Gasteiger partial charge on any atom is 0.0624 e. The number of hydrogen-bond donors (Lipinski definition) is 1. The molecule has 18 heavy (non-hydrogen) atoms. The first-order valence-corrected chi connectivity index (χ1v) is 6.87. The second kappa shape index (κ2) is 6.30. The molecule has 3 heteroatoms. The lowest BCUT2D eigenvalue weighted by Gasteiger charge is -2.28. The van der Waals surface area contributed by atoms with Gasteiger partial charge in [-0.25, -0.2) is 0 Å². The first kappa shape index (κ1) is 13.5. The Morgan fingerprint density at radius 1 is 1.50 bits per heavy atom. The summed E-state index contributed by atoms with van der Waals surface area (Å²) in [6, 6.07) is 4.12. The minimum Gasteiger partial charge on any atom is -0.392 e. The van der Waals surface area contributed by atoms with E-state index in [-0.39, 0.29) is 18.1 Å². The van der Waals surface area contributed by atoms with E-state index in [4.69, 9.17) is 4.74 Å². The van der Waals surface area contributed by atoms with E-state index in [1.807, 2.05) is 19.2 Å². The van der Waals surface area contributed by atoms with Crippen molar-refractivity contribution < 1.29 is 9.84 Å². The summed E-state index contributed by atoms with van der Waals surface area (Å²) in [6.07, 6.45) is 6.74. The summed E-state index contributed by atoms with van der Waals surface area (Å²) in [4.78, 5) is 4.48. The SMILES string of the molecule is COC(C)CCC(O)C1CCCc2cccnc21. The highest BCUT2D eigenvalue weighted by molar-refractivity contribution is 5.26. The number of nitrogens with zero attached hydrogens (tertiary/aromatic N) is 1. The van der Waals surface area contributed by atoms with Crippen LogP contribution >= 0.6 is 0 Å². The fourth-order valence-corrected chi connectivity index (χ4v) is 2.74. The summed E-state index contributed by atoms with van der Waals surface area (Å²) in [5.41, 5.74) is 2.42. The fraction of sp³-hybridized carbons (Fsp3) is 0.667. The topological polar surface area (TPSA) is 42.4 Å². The molecule has 2 rings (SSSR count). The van der Waals surface area contributed by atoms with Crippen molar-refractivity contribution in [2.45, 2.75) is 57.2 Å². The lowest BCUT2D eigenvalue weighted by Crippen LogP contribution is -2.25. The van der Waals surface area contributed by atoms with Crippen LogP contribution < -0.4 is 0 Å². The molecule has 1 aromatic rings. The van der Waals surface area contributed by atoms with Crippen LogP contribution in [0.3, 0.4) is 0 Å². The monoisotopic (exact) mass is 249 g/mol. The zero-order valence-electron chi connectivity index (χ0n) is 11.3. The first-order valence-electron chi connectivity index (χ1n) is 6.87. The summed E-state index contributed by atoms with van der Waals surface area (Å²) in [5, 5.41) is 10.4. The van der Waals surface area contributed by atoms with Crippen LogP contribution in [-0.2, 0) is 11.2 Å². The van der Waals surface area contributed by atoms with Crippen LogP contribution in [0.5, 0.6) is 0 Å². The van der Waals surface area contributed by atoms with E-state index in [2.05, 4.69) is 11.1 Å². The van der Waals surface area contributed by atoms with E-state index in [1.165, 1.54) is 5.56 Å². The van der Waals surface area contributed by atoms with Crippen LogP contribution in [0, 0.1) is 0 Å². The molecule has 0 aromatic carbocycles. The molecule has 1 aromatic heterocycles. The lowest BCUT2D eigenvalue weighted by molar-refractivity contribution is 0.0722. The van der Waals surface area contributed by atoms with Crippen LogP contribution in [0.4, 0.5) is 0 Å². The predicted molar refractivity (Wildman–Crippen MR) is 71.6 cm³/mol.